The Balaban J connectivity index is 1.59. The number of thiophene rings is 1. The summed E-state index contributed by atoms with van der Waals surface area (Å²) in [5.74, 6) is -0.234. The number of amides is 2. The van der Waals surface area contributed by atoms with Crippen LogP contribution in [0.25, 0.3) is 0 Å². The lowest BCUT2D eigenvalue weighted by Gasteiger charge is -2.19. The van der Waals surface area contributed by atoms with Crippen LogP contribution in [0.4, 0.5) is 0 Å². The number of carbonyl (C=O) groups is 2. The van der Waals surface area contributed by atoms with E-state index in [0.29, 0.717) is 12.1 Å². The van der Waals surface area contributed by atoms with E-state index in [1.54, 1.807) is 17.4 Å². The molecule has 1 heterocycles. The Morgan fingerprint density at radius 3 is 2.45 bits per heavy atom. The molecule has 3 rings (SSSR count). The molecule has 3 aromatic rings. The van der Waals surface area contributed by atoms with E-state index in [1.165, 1.54) is 18.4 Å². The Kier molecular flexibility index (Phi) is 8.42. The van der Waals surface area contributed by atoms with Crippen LogP contribution in [0, 0.1) is 6.92 Å². The summed E-state index contributed by atoms with van der Waals surface area (Å²) in [5, 5.41) is 8.01. The van der Waals surface area contributed by atoms with Gasteiger partial charge in [0.25, 0.3) is 5.91 Å². The average Bonchev–Trinajstić information content (AvgIpc) is 3.31. The summed E-state index contributed by atoms with van der Waals surface area (Å²) in [6, 6.07) is 19.8. The van der Waals surface area contributed by atoms with Gasteiger partial charge < -0.3 is 10.6 Å². The fraction of sp³-hybridized carbons (Fsp3) is 0.308. The highest BCUT2D eigenvalue weighted by Gasteiger charge is 2.18. The molecular weight excluding hydrogens is 404 g/mol. The zero-order valence-corrected chi connectivity index (χ0v) is 19.0. The molecule has 2 aromatic carbocycles. The summed E-state index contributed by atoms with van der Waals surface area (Å²) >= 11 is 1.63. The summed E-state index contributed by atoms with van der Waals surface area (Å²) in [7, 11) is 0. The first kappa shape index (κ1) is 22.8. The predicted octanol–water partition coefficient (Wildman–Crippen LogP) is 5.42. The van der Waals surface area contributed by atoms with Gasteiger partial charge in [-0.1, -0.05) is 61.9 Å². The Labute approximate surface area is 188 Å². The number of rotatable bonds is 10. The lowest BCUT2D eigenvalue weighted by molar-refractivity contribution is -0.121. The molecule has 1 aromatic heterocycles. The van der Waals surface area contributed by atoms with Gasteiger partial charge in [-0.3, -0.25) is 9.59 Å². The first-order chi connectivity index (χ1) is 15.1. The third-order valence-corrected chi connectivity index (χ3v) is 6.23. The quantitative estimate of drug-likeness (QED) is 0.447. The highest BCUT2D eigenvalue weighted by molar-refractivity contribution is 7.10. The van der Waals surface area contributed by atoms with E-state index >= 15 is 0 Å². The second-order valence-corrected chi connectivity index (χ2v) is 8.66. The van der Waals surface area contributed by atoms with Gasteiger partial charge in [-0.15, -0.1) is 11.3 Å². The van der Waals surface area contributed by atoms with Crippen LogP contribution in [0.3, 0.4) is 0 Å². The van der Waals surface area contributed by atoms with Crippen LogP contribution in [0.15, 0.2) is 66.0 Å². The average molecular weight is 435 g/mol. The van der Waals surface area contributed by atoms with E-state index in [1.807, 2.05) is 42.6 Å². The number of unbranched alkanes of at least 4 members (excludes halogenated alkanes) is 1. The SMILES string of the molecule is CCCCc1ccc(C(NC(=O)CCNC(=O)c2ccccc2C)c2cccs2)cc1. The second-order valence-electron chi connectivity index (χ2n) is 7.68. The Morgan fingerprint density at radius 2 is 1.77 bits per heavy atom. The first-order valence-electron chi connectivity index (χ1n) is 10.8. The van der Waals surface area contributed by atoms with Gasteiger partial charge >= 0.3 is 0 Å². The van der Waals surface area contributed by atoms with E-state index in [-0.39, 0.29) is 24.3 Å². The summed E-state index contributed by atoms with van der Waals surface area (Å²) in [6.07, 6.45) is 3.66. The lowest BCUT2D eigenvalue weighted by Crippen LogP contribution is -2.33. The molecule has 0 radical (unpaired) electrons. The minimum Gasteiger partial charge on any atom is -0.352 e. The van der Waals surface area contributed by atoms with E-state index in [4.69, 9.17) is 0 Å². The molecule has 0 aliphatic rings. The van der Waals surface area contributed by atoms with Crippen molar-refractivity contribution in [2.24, 2.45) is 0 Å². The maximum absolute atomic E-state index is 12.7. The minimum atomic E-state index is -0.181. The number of hydrogen-bond acceptors (Lipinski definition) is 3. The Hall–Kier alpha value is -2.92. The Morgan fingerprint density at radius 1 is 1.00 bits per heavy atom. The fourth-order valence-corrected chi connectivity index (χ4v) is 4.28. The van der Waals surface area contributed by atoms with Crippen LogP contribution in [-0.4, -0.2) is 18.4 Å². The predicted molar refractivity (Wildman–Crippen MR) is 127 cm³/mol. The van der Waals surface area contributed by atoms with Crippen molar-refractivity contribution in [3.63, 3.8) is 0 Å². The van der Waals surface area contributed by atoms with Crippen LogP contribution >= 0.6 is 11.3 Å². The maximum atomic E-state index is 12.7. The molecule has 0 saturated heterocycles. The highest BCUT2D eigenvalue weighted by atomic mass is 32.1. The summed E-state index contributed by atoms with van der Waals surface area (Å²) in [6.45, 7) is 4.40. The topological polar surface area (TPSA) is 58.2 Å². The molecule has 0 bridgehead atoms. The summed E-state index contributed by atoms with van der Waals surface area (Å²) in [4.78, 5) is 26.1. The van der Waals surface area contributed by atoms with Gasteiger partial charge in [0.1, 0.15) is 0 Å². The molecule has 5 heteroatoms. The van der Waals surface area contributed by atoms with Crippen molar-refractivity contribution in [3.8, 4) is 0 Å². The normalized spacial score (nSPS) is 11.7. The molecule has 31 heavy (non-hydrogen) atoms. The zero-order chi connectivity index (χ0) is 22.1. The van der Waals surface area contributed by atoms with Crippen LogP contribution in [0.5, 0.6) is 0 Å². The number of nitrogens with one attached hydrogen (secondary N) is 2. The zero-order valence-electron chi connectivity index (χ0n) is 18.2. The van der Waals surface area contributed by atoms with Crippen LogP contribution in [-0.2, 0) is 11.2 Å². The van der Waals surface area contributed by atoms with Gasteiger partial charge in [0.05, 0.1) is 6.04 Å². The molecule has 4 nitrogen and oxygen atoms in total. The summed E-state index contributed by atoms with van der Waals surface area (Å²) in [5.41, 5.74) is 3.95. The van der Waals surface area contributed by atoms with Crippen molar-refractivity contribution < 1.29 is 9.59 Å². The van der Waals surface area contributed by atoms with Gasteiger partial charge in [0, 0.05) is 23.4 Å². The van der Waals surface area contributed by atoms with E-state index in [2.05, 4.69) is 41.8 Å². The number of carbonyl (C=O) groups excluding carboxylic acids is 2. The third kappa shape index (κ3) is 6.53. The number of aryl methyl sites for hydroxylation is 2. The number of hydrogen-bond donors (Lipinski definition) is 2. The highest BCUT2D eigenvalue weighted by Crippen LogP contribution is 2.26. The van der Waals surface area contributed by atoms with E-state index in [0.717, 1.165) is 22.4 Å². The van der Waals surface area contributed by atoms with Crippen LogP contribution < -0.4 is 10.6 Å². The molecule has 1 unspecified atom stereocenters. The van der Waals surface area contributed by atoms with Crippen molar-refractivity contribution in [3.05, 3.63) is 93.2 Å². The largest absolute Gasteiger partial charge is 0.352 e. The molecule has 0 fully saturated rings. The van der Waals surface area contributed by atoms with Crippen LogP contribution in [0.2, 0.25) is 0 Å². The maximum Gasteiger partial charge on any atom is 0.251 e. The van der Waals surface area contributed by atoms with Crippen molar-refractivity contribution in [2.45, 2.75) is 45.6 Å². The van der Waals surface area contributed by atoms with E-state index in [9.17, 15) is 9.59 Å². The molecule has 0 saturated carbocycles. The standard InChI is InChI=1S/C26H30N2O2S/c1-3-4-9-20-12-14-21(15-13-20)25(23-11-7-18-31-23)28-24(29)16-17-27-26(30)22-10-6-5-8-19(22)2/h5-8,10-15,18,25H,3-4,9,16-17H2,1-2H3,(H,27,30)(H,28,29). The van der Waals surface area contributed by atoms with Crippen molar-refractivity contribution in [1.29, 1.82) is 0 Å². The number of benzene rings is 2. The fourth-order valence-electron chi connectivity index (χ4n) is 3.48. The molecule has 0 aliphatic carbocycles. The van der Waals surface area contributed by atoms with Gasteiger partial charge in [-0.05, 0) is 54.0 Å². The molecule has 162 valence electrons. The van der Waals surface area contributed by atoms with Crippen LogP contribution in [0.1, 0.15) is 64.2 Å². The molecule has 2 N–H and O–H groups in total. The third-order valence-electron chi connectivity index (χ3n) is 5.29. The Bertz CT molecular complexity index is 981. The minimum absolute atomic E-state index is 0.0847. The van der Waals surface area contributed by atoms with Crippen molar-refractivity contribution >= 4 is 23.2 Å². The summed E-state index contributed by atoms with van der Waals surface area (Å²) < 4.78 is 0. The molecule has 2 amide bonds. The van der Waals surface area contributed by atoms with Gasteiger partial charge in [0.2, 0.25) is 5.91 Å². The molecule has 0 spiro atoms. The van der Waals surface area contributed by atoms with Gasteiger partial charge in [-0.25, -0.2) is 0 Å². The smallest absolute Gasteiger partial charge is 0.251 e. The van der Waals surface area contributed by atoms with Gasteiger partial charge in [0.15, 0.2) is 0 Å². The van der Waals surface area contributed by atoms with E-state index < -0.39 is 0 Å². The molecule has 0 aliphatic heterocycles. The molecular formula is C26H30N2O2S. The second kappa shape index (κ2) is 11.5. The molecule has 1 atom stereocenters. The monoisotopic (exact) mass is 434 g/mol. The van der Waals surface area contributed by atoms with Crippen molar-refractivity contribution in [1.82, 2.24) is 10.6 Å². The van der Waals surface area contributed by atoms with Crippen molar-refractivity contribution in [2.75, 3.05) is 6.54 Å². The lowest BCUT2D eigenvalue weighted by atomic mass is 10.0. The van der Waals surface area contributed by atoms with Gasteiger partial charge in [-0.2, -0.15) is 0 Å². The first-order valence-corrected chi connectivity index (χ1v) is 11.7.